The normalized spacial score (nSPS) is 33.6. The number of rotatable bonds is 2. The second kappa shape index (κ2) is 4.75. The Labute approximate surface area is 113 Å². The van der Waals surface area contributed by atoms with Gasteiger partial charge in [-0.3, -0.25) is 4.79 Å². The van der Waals surface area contributed by atoms with Gasteiger partial charge in [-0.25, -0.2) is 0 Å². The lowest BCUT2D eigenvalue weighted by molar-refractivity contribution is -0.124. The summed E-state index contributed by atoms with van der Waals surface area (Å²) in [5, 5.41) is 0.194. The Balaban J connectivity index is 2.11. The van der Waals surface area contributed by atoms with Crippen molar-refractivity contribution in [3.8, 4) is 0 Å². The lowest BCUT2D eigenvalue weighted by Gasteiger charge is -2.40. The van der Waals surface area contributed by atoms with Crippen LogP contribution < -0.4 is 0 Å². The van der Waals surface area contributed by atoms with Crippen LogP contribution in [0.5, 0.6) is 0 Å². The number of carbonyl (C=O) groups excluding carboxylic acids is 1. The number of hydrogen-bond acceptors (Lipinski definition) is 2. The molecule has 0 saturated heterocycles. The molecule has 0 bridgehead atoms. The zero-order chi connectivity index (χ0) is 13.6. The first-order valence-electron chi connectivity index (χ1n) is 7.43. The number of Topliss-reactive ketones (excluding diaryl/α,β-unsaturated/α-hetero) is 1. The fourth-order valence-electron chi connectivity index (χ4n) is 3.15. The number of hydrogen-bond donors (Lipinski definition) is 0. The SMILES string of the molecule is CC(C)(C)[Si](C)(C)O[C@@H]1C(=O)C[C@@H]2CCCC[C@H]21. The Morgan fingerprint density at radius 3 is 2.39 bits per heavy atom. The fraction of sp³-hybridized carbons (Fsp3) is 0.933. The molecule has 2 nitrogen and oxygen atoms in total. The molecule has 2 aliphatic carbocycles. The summed E-state index contributed by atoms with van der Waals surface area (Å²) in [5.41, 5.74) is 0. The minimum absolute atomic E-state index is 0.0730. The van der Waals surface area contributed by atoms with Gasteiger partial charge in [0.15, 0.2) is 14.1 Å². The molecule has 0 aromatic carbocycles. The molecule has 3 atom stereocenters. The van der Waals surface area contributed by atoms with Crippen molar-refractivity contribution in [1.82, 2.24) is 0 Å². The smallest absolute Gasteiger partial charge is 0.193 e. The first-order valence-corrected chi connectivity index (χ1v) is 10.3. The average molecular weight is 268 g/mol. The summed E-state index contributed by atoms with van der Waals surface area (Å²) in [4.78, 5) is 12.2. The predicted octanol–water partition coefficient (Wildman–Crippen LogP) is 4.16. The van der Waals surface area contributed by atoms with E-state index in [0.717, 1.165) is 6.42 Å². The van der Waals surface area contributed by atoms with E-state index in [1.807, 2.05) is 0 Å². The van der Waals surface area contributed by atoms with Crippen LogP contribution in [0.4, 0.5) is 0 Å². The van der Waals surface area contributed by atoms with Crippen LogP contribution >= 0.6 is 0 Å². The van der Waals surface area contributed by atoms with Crippen LogP contribution in [-0.4, -0.2) is 20.2 Å². The Morgan fingerprint density at radius 2 is 1.78 bits per heavy atom. The van der Waals surface area contributed by atoms with Crippen molar-refractivity contribution in [2.24, 2.45) is 11.8 Å². The quantitative estimate of drug-likeness (QED) is 0.703. The molecule has 0 aromatic heterocycles. The van der Waals surface area contributed by atoms with E-state index in [1.165, 1.54) is 25.7 Å². The third-order valence-electron chi connectivity index (χ3n) is 5.37. The number of fused-ring (bicyclic) bond motifs is 1. The summed E-state index contributed by atoms with van der Waals surface area (Å²) in [6.45, 7) is 11.3. The molecule has 0 aromatic rings. The van der Waals surface area contributed by atoms with E-state index >= 15 is 0 Å². The van der Waals surface area contributed by atoms with E-state index in [9.17, 15) is 4.79 Å². The molecule has 18 heavy (non-hydrogen) atoms. The molecule has 0 spiro atoms. The van der Waals surface area contributed by atoms with E-state index in [1.54, 1.807) is 0 Å². The minimum Gasteiger partial charge on any atom is -0.407 e. The summed E-state index contributed by atoms with van der Waals surface area (Å²) in [5.74, 6) is 1.54. The topological polar surface area (TPSA) is 26.3 Å². The summed E-state index contributed by atoms with van der Waals surface area (Å²) >= 11 is 0. The largest absolute Gasteiger partial charge is 0.407 e. The van der Waals surface area contributed by atoms with Crippen molar-refractivity contribution < 1.29 is 9.22 Å². The third kappa shape index (κ3) is 2.57. The standard InChI is InChI=1S/C15H28O2Si/c1-15(2,3)18(4,5)17-14-12-9-7-6-8-11(12)10-13(14)16/h11-12,14H,6-10H2,1-5H3/t11-,12+,14-/m0/s1. The molecule has 2 saturated carbocycles. The fourth-order valence-corrected chi connectivity index (χ4v) is 4.44. The predicted molar refractivity (Wildman–Crippen MR) is 77.1 cm³/mol. The molecule has 0 heterocycles. The molecule has 3 heteroatoms. The van der Waals surface area contributed by atoms with Crippen LogP contribution in [-0.2, 0) is 9.22 Å². The molecular formula is C15H28O2Si. The van der Waals surface area contributed by atoms with Gasteiger partial charge in [-0.1, -0.05) is 33.6 Å². The van der Waals surface area contributed by atoms with Crippen molar-refractivity contribution in [2.45, 2.75) is 77.1 Å². The average Bonchev–Trinajstić information content (AvgIpc) is 2.54. The van der Waals surface area contributed by atoms with Crippen molar-refractivity contribution in [2.75, 3.05) is 0 Å². The molecule has 2 fully saturated rings. The second-order valence-electron chi connectivity index (χ2n) is 7.68. The van der Waals surface area contributed by atoms with Crippen molar-refractivity contribution in [3.05, 3.63) is 0 Å². The zero-order valence-corrected chi connectivity index (χ0v) is 13.6. The Morgan fingerprint density at radius 1 is 1.17 bits per heavy atom. The van der Waals surface area contributed by atoms with Crippen LogP contribution in [0.2, 0.25) is 18.1 Å². The van der Waals surface area contributed by atoms with Gasteiger partial charge in [0, 0.05) is 6.42 Å². The Hall–Kier alpha value is -0.153. The van der Waals surface area contributed by atoms with E-state index < -0.39 is 8.32 Å². The lowest BCUT2D eigenvalue weighted by atomic mass is 9.81. The lowest BCUT2D eigenvalue weighted by Crippen LogP contribution is -2.47. The maximum Gasteiger partial charge on any atom is 0.193 e. The van der Waals surface area contributed by atoms with Gasteiger partial charge in [-0.2, -0.15) is 0 Å². The Bertz CT molecular complexity index is 330. The highest BCUT2D eigenvalue weighted by Crippen LogP contribution is 2.45. The van der Waals surface area contributed by atoms with E-state index in [-0.39, 0.29) is 11.1 Å². The van der Waals surface area contributed by atoms with Crippen LogP contribution in [0.25, 0.3) is 0 Å². The molecule has 2 aliphatic rings. The van der Waals surface area contributed by atoms with Crippen LogP contribution in [0.15, 0.2) is 0 Å². The zero-order valence-electron chi connectivity index (χ0n) is 12.6. The van der Waals surface area contributed by atoms with Crippen LogP contribution in [0.3, 0.4) is 0 Å². The highest BCUT2D eigenvalue weighted by molar-refractivity contribution is 6.74. The van der Waals surface area contributed by atoms with Crippen LogP contribution in [0, 0.1) is 11.8 Å². The van der Waals surface area contributed by atoms with Gasteiger partial charge in [-0.05, 0) is 42.8 Å². The monoisotopic (exact) mass is 268 g/mol. The van der Waals surface area contributed by atoms with Gasteiger partial charge < -0.3 is 4.43 Å². The van der Waals surface area contributed by atoms with Gasteiger partial charge in [0.25, 0.3) is 0 Å². The molecule has 0 unspecified atom stereocenters. The van der Waals surface area contributed by atoms with Gasteiger partial charge in [0.05, 0.1) is 0 Å². The maximum atomic E-state index is 12.2. The molecule has 0 radical (unpaired) electrons. The van der Waals surface area contributed by atoms with Crippen molar-refractivity contribution >= 4 is 14.1 Å². The first-order chi connectivity index (χ1) is 8.22. The summed E-state index contributed by atoms with van der Waals surface area (Å²) in [7, 11) is -1.81. The molecule has 0 aliphatic heterocycles. The van der Waals surface area contributed by atoms with Crippen molar-refractivity contribution in [1.29, 1.82) is 0 Å². The van der Waals surface area contributed by atoms with Gasteiger partial charge in [-0.15, -0.1) is 0 Å². The van der Waals surface area contributed by atoms with Gasteiger partial charge in [0.2, 0.25) is 0 Å². The maximum absolute atomic E-state index is 12.2. The van der Waals surface area contributed by atoms with Gasteiger partial charge in [0.1, 0.15) is 6.10 Å². The highest BCUT2D eigenvalue weighted by atomic mass is 28.4. The molecule has 104 valence electrons. The second-order valence-corrected chi connectivity index (χ2v) is 12.4. The molecule has 2 rings (SSSR count). The van der Waals surface area contributed by atoms with E-state index in [0.29, 0.717) is 17.6 Å². The summed E-state index contributed by atoms with van der Waals surface area (Å²) < 4.78 is 6.43. The highest BCUT2D eigenvalue weighted by Gasteiger charge is 2.48. The number of carbonyl (C=O) groups is 1. The third-order valence-corrected chi connectivity index (χ3v) is 9.82. The van der Waals surface area contributed by atoms with E-state index in [4.69, 9.17) is 4.43 Å². The molecular weight excluding hydrogens is 240 g/mol. The van der Waals surface area contributed by atoms with E-state index in [2.05, 4.69) is 33.9 Å². The van der Waals surface area contributed by atoms with Crippen LogP contribution in [0.1, 0.15) is 52.9 Å². The van der Waals surface area contributed by atoms with Crippen molar-refractivity contribution in [3.63, 3.8) is 0 Å². The minimum atomic E-state index is -1.81. The van der Waals surface area contributed by atoms with Gasteiger partial charge >= 0.3 is 0 Å². The summed E-state index contributed by atoms with van der Waals surface area (Å²) in [6.07, 6.45) is 5.75. The first kappa shape index (κ1) is 14.3. The molecule has 0 amide bonds. The Kier molecular flexibility index (Phi) is 3.76. The number of ketones is 1. The summed E-state index contributed by atoms with van der Waals surface area (Å²) in [6, 6.07) is 0. The molecule has 0 N–H and O–H groups in total.